The first kappa shape index (κ1) is 16.9. The van der Waals surface area contributed by atoms with Crippen molar-refractivity contribution in [2.24, 2.45) is 5.14 Å². The first-order valence-electron chi connectivity index (χ1n) is 6.51. The van der Waals surface area contributed by atoms with Crippen LogP contribution < -0.4 is 9.88 Å². The summed E-state index contributed by atoms with van der Waals surface area (Å²) >= 11 is 0. The Labute approximate surface area is 121 Å². The lowest BCUT2D eigenvalue weighted by Gasteiger charge is -2.22. The van der Waals surface area contributed by atoms with Gasteiger partial charge < -0.3 is 9.47 Å². The first-order chi connectivity index (χ1) is 9.20. The largest absolute Gasteiger partial charge is 0.491 e. The second-order valence-corrected chi connectivity index (χ2v) is 7.31. The third-order valence-corrected chi connectivity index (χ3v) is 3.43. The minimum atomic E-state index is -3.46. The van der Waals surface area contributed by atoms with Crippen LogP contribution in [0, 0.1) is 0 Å². The first-order valence-corrected chi connectivity index (χ1v) is 8.22. The van der Waals surface area contributed by atoms with E-state index in [1.807, 2.05) is 24.3 Å². The summed E-state index contributed by atoms with van der Waals surface area (Å²) in [5.41, 5.74) is 1.13. The predicted octanol–water partition coefficient (Wildman–Crippen LogP) is 1.67. The minimum Gasteiger partial charge on any atom is -0.491 e. The van der Waals surface area contributed by atoms with E-state index in [1.165, 1.54) is 0 Å². The van der Waals surface area contributed by atoms with Gasteiger partial charge in [0.25, 0.3) is 0 Å². The molecule has 0 atom stereocenters. The van der Waals surface area contributed by atoms with Gasteiger partial charge in [0, 0.05) is 0 Å². The van der Waals surface area contributed by atoms with E-state index in [9.17, 15) is 8.42 Å². The number of ether oxygens (including phenoxy) is 2. The fourth-order valence-electron chi connectivity index (χ4n) is 1.70. The highest BCUT2D eigenvalue weighted by Crippen LogP contribution is 2.30. The fraction of sp³-hybridized carbons (Fsp3) is 0.571. The highest BCUT2D eigenvalue weighted by Gasteiger charge is 2.18. The molecule has 0 fully saturated rings. The lowest BCUT2D eigenvalue weighted by molar-refractivity contribution is 0.110. The molecule has 0 aliphatic carbocycles. The van der Waals surface area contributed by atoms with Crippen LogP contribution in [-0.4, -0.2) is 34.0 Å². The van der Waals surface area contributed by atoms with Gasteiger partial charge in [0.2, 0.25) is 10.0 Å². The molecule has 0 bridgehead atoms. The Hall–Kier alpha value is -1.11. The van der Waals surface area contributed by atoms with Gasteiger partial charge in [-0.1, -0.05) is 39.0 Å². The van der Waals surface area contributed by atoms with Gasteiger partial charge in [-0.15, -0.1) is 0 Å². The molecule has 0 saturated heterocycles. The van der Waals surface area contributed by atoms with Gasteiger partial charge in [0.05, 0.1) is 19.0 Å². The van der Waals surface area contributed by atoms with Crippen LogP contribution in [0.5, 0.6) is 5.75 Å². The molecule has 1 aromatic rings. The van der Waals surface area contributed by atoms with Crippen LogP contribution in [0.25, 0.3) is 0 Å². The number of para-hydroxylation sites is 1. The number of primary sulfonamides is 1. The maximum absolute atomic E-state index is 10.7. The minimum absolute atomic E-state index is 0.00504. The van der Waals surface area contributed by atoms with E-state index in [1.54, 1.807) is 0 Å². The predicted molar refractivity (Wildman–Crippen MR) is 79.4 cm³/mol. The van der Waals surface area contributed by atoms with Gasteiger partial charge in [-0.3, -0.25) is 0 Å². The summed E-state index contributed by atoms with van der Waals surface area (Å²) in [6.45, 7) is 7.15. The fourth-order valence-corrected chi connectivity index (χ4v) is 2.05. The number of hydrogen-bond donors (Lipinski definition) is 1. The van der Waals surface area contributed by atoms with Crippen molar-refractivity contribution < 1.29 is 17.9 Å². The highest BCUT2D eigenvalue weighted by molar-refractivity contribution is 7.89. The second kappa shape index (κ2) is 7.06. The van der Waals surface area contributed by atoms with Gasteiger partial charge in [0.1, 0.15) is 12.4 Å². The maximum atomic E-state index is 10.7. The van der Waals surface area contributed by atoms with Crippen molar-refractivity contribution in [2.45, 2.75) is 26.2 Å². The maximum Gasteiger partial charge on any atom is 0.211 e. The van der Waals surface area contributed by atoms with Crippen molar-refractivity contribution in [3.8, 4) is 5.75 Å². The standard InChI is InChI=1S/C14H23NO4S/c1-14(2,3)12-6-4-5-7-13(12)19-9-8-18-10-11-20(15,16)17/h4-7H,8-11H2,1-3H3,(H2,15,16,17). The molecule has 6 heteroatoms. The zero-order valence-corrected chi connectivity index (χ0v) is 13.1. The molecule has 5 nitrogen and oxygen atoms in total. The van der Waals surface area contributed by atoms with E-state index in [-0.39, 0.29) is 17.8 Å². The van der Waals surface area contributed by atoms with Crippen molar-refractivity contribution in [3.05, 3.63) is 29.8 Å². The smallest absolute Gasteiger partial charge is 0.211 e. The molecule has 0 spiro atoms. The van der Waals surface area contributed by atoms with Gasteiger partial charge in [-0.2, -0.15) is 0 Å². The molecule has 114 valence electrons. The van der Waals surface area contributed by atoms with Crippen LogP contribution in [0.2, 0.25) is 0 Å². The molecule has 1 aromatic carbocycles. The van der Waals surface area contributed by atoms with Crippen LogP contribution in [0.4, 0.5) is 0 Å². The Morgan fingerprint density at radius 3 is 2.35 bits per heavy atom. The van der Waals surface area contributed by atoms with Crippen LogP contribution in [0.3, 0.4) is 0 Å². The monoisotopic (exact) mass is 301 g/mol. The van der Waals surface area contributed by atoms with Crippen LogP contribution in [0.1, 0.15) is 26.3 Å². The summed E-state index contributed by atoms with van der Waals surface area (Å²) in [4.78, 5) is 0. The molecule has 0 amide bonds. The number of hydrogen-bond acceptors (Lipinski definition) is 4. The summed E-state index contributed by atoms with van der Waals surface area (Å²) in [6.07, 6.45) is 0. The van der Waals surface area contributed by atoms with Gasteiger partial charge >= 0.3 is 0 Å². The lowest BCUT2D eigenvalue weighted by Crippen LogP contribution is -2.21. The summed E-state index contributed by atoms with van der Waals surface area (Å²) in [7, 11) is -3.46. The molecule has 0 aliphatic heterocycles. The van der Waals surface area contributed by atoms with Crippen LogP contribution >= 0.6 is 0 Å². The summed E-state index contributed by atoms with van der Waals surface area (Å²) in [5, 5.41) is 4.87. The number of sulfonamides is 1. The molecule has 0 unspecified atom stereocenters. The van der Waals surface area contributed by atoms with E-state index in [4.69, 9.17) is 14.6 Å². The summed E-state index contributed by atoms with van der Waals surface area (Å²) in [6, 6.07) is 7.87. The van der Waals surface area contributed by atoms with Crippen molar-refractivity contribution in [3.63, 3.8) is 0 Å². The van der Waals surface area contributed by atoms with E-state index < -0.39 is 10.0 Å². The third-order valence-electron chi connectivity index (χ3n) is 2.69. The number of nitrogens with two attached hydrogens (primary N) is 1. The Morgan fingerprint density at radius 1 is 1.10 bits per heavy atom. The number of benzene rings is 1. The Kier molecular flexibility index (Phi) is 5.98. The average molecular weight is 301 g/mol. The van der Waals surface area contributed by atoms with Crippen molar-refractivity contribution in [1.29, 1.82) is 0 Å². The summed E-state index contributed by atoms with van der Waals surface area (Å²) < 4.78 is 32.3. The molecule has 0 saturated carbocycles. The van der Waals surface area contributed by atoms with Crippen molar-refractivity contribution in [1.82, 2.24) is 0 Å². The number of rotatable bonds is 7. The van der Waals surface area contributed by atoms with Gasteiger partial charge in [-0.25, -0.2) is 13.6 Å². The molecular weight excluding hydrogens is 278 g/mol. The second-order valence-electron chi connectivity index (χ2n) is 5.57. The Morgan fingerprint density at radius 2 is 1.75 bits per heavy atom. The Balaban J connectivity index is 2.40. The normalized spacial score (nSPS) is 12.4. The molecule has 0 aromatic heterocycles. The lowest BCUT2D eigenvalue weighted by atomic mass is 9.86. The van der Waals surface area contributed by atoms with E-state index in [2.05, 4.69) is 20.8 Å². The van der Waals surface area contributed by atoms with Gasteiger partial charge in [-0.05, 0) is 17.0 Å². The molecule has 1 rings (SSSR count). The zero-order valence-electron chi connectivity index (χ0n) is 12.3. The molecule has 0 heterocycles. The Bertz CT molecular complexity index is 520. The van der Waals surface area contributed by atoms with Crippen LogP contribution in [-0.2, 0) is 20.2 Å². The highest BCUT2D eigenvalue weighted by atomic mass is 32.2. The third kappa shape index (κ3) is 6.36. The van der Waals surface area contributed by atoms with E-state index in [0.717, 1.165) is 11.3 Å². The van der Waals surface area contributed by atoms with Crippen LogP contribution in [0.15, 0.2) is 24.3 Å². The average Bonchev–Trinajstić information content (AvgIpc) is 2.31. The SMILES string of the molecule is CC(C)(C)c1ccccc1OCCOCCS(N)(=O)=O. The zero-order chi connectivity index (χ0) is 15.2. The van der Waals surface area contributed by atoms with Crippen molar-refractivity contribution in [2.75, 3.05) is 25.6 Å². The van der Waals surface area contributed by atoms with Gasteiger partial charge in [0.15, 0.2) is 0 Å². The molecule has 20 heavy (non-hydrogen) atoms. The van der Waals surface area contributed by atoms with Crippen molar-refractivity contribution >= 4 is 10.0 Å². The molecule has 2 N–H and O–H groups in total. The topological polar surface area (TPSA) is 78.6 Å². The quantitative estimate of drug-likeness (QED) is 0.777. The molecule has 0 radical (unpaired) electrons. The molecule has 0 aliphatic rings. The molecular formula is C14H23NO4S. The van der Waals surface area contributed by atoms with E-state index >= 15 is 0 Å². The summed E-state index contributed by atoms with van der Waals surface area (Å²) in [5.74, 6) is 0.654. The van der Waals surface area contributed by atoms with E-state index in [0.29, 0.717) is 13.2 Å².